The Morgan fingerprint density at radius 1 is 1.39 bits per heavy atom. The summed E-state index contributed by atoms with van der Waals surface area (Å²) < 4.78 is 1.77. The summed E-state index contributed by atoms with van der Waals surface area (Å²) in [5.74, 6) is 0.901. The van der Waals surface area contributed by atoms with Gasteiger partial charge in [-0.1, -0.05) is 0 Å². The Bertz CT molecular complexity index is 673. The summed E-state index contributed by atoms with van der Waals surface area (Å²) in [6.45, 7) is 2.73. The van der Waals surface area contributed by atoms with E-state index >= 15 is 0 Å². The fourth-order valence-electron chi connectivity index (χ4n) is 1.76. The Labute approximate surface area is 108 Å². The van der Waals surface area contributed by atoms with Gasteiger partial charge in [-0.3, -0.25) is 4.98 Å². The first-order valence-electron chi connectivity index (χ1n) is 5.50. The summed E-state index contributed by atoms with van der Waals surface area (Å²) in [7, 11) is 1.99. The van der Waals surface area contributed by atoms with Gasteiger partial charge in [0.05, 0.1) is 18.9 Å². The van der Waals surface area contributed by atoms with Gasteiger partial charge < -0.3 is 4.90 Å². The zero-order valence-electron chi connectivity index (χ0n) is 10.1. The maximum absolute atomic E-state index is 4.46. The molecule has 18 heavy (non-hydrogen) atoms. The molecule has 3 aromatic heterocycles. The minimum Gasteiger partial charge on any atom is -0.352 e. The molecule has 0 amide bonds. The van der Waals surface area contributed by atoms with Crippen LogP contribution < -0.4 is 4.90 Å². The van der Waals surface area contributed by atoms with Crippen molar-refractivity contribution in [2.45, 2.75) is 13.5 Å². The lowest BCUT2D eigenvalue weighted by Crippen LogP contribution is -2.19. The molecule has 92 valence electrons. The fraction of sp³-hybridized carbons (Fsp3) is 0.273. The van der Waals surface area contributed by atoms with Crippen molar-refractivity contribution in [2.24, 2.45) is 0 Å². The van der Waals surface area contributed by atoms with Crippen LogP contribution in [0.2, 0.25) is 0 Å². The van der Waals surface area contributed by atoms with Gasteiger partial charge in [-0.05, 0) is 6.92 Å². The molecule has 0 aliphatic carbocycles. The van der Waals surface area contributed by atoms with Gasteiger partial charge in [0.1, 0.15) is 11.3 Å². The third-order valence-electron chi connectivity index (χ3n) is 2.60. The van der Waals surface area contributed by atoms with Crippen molar-refractivity contribution in [1.29, 1.82) is 0 Å². The third kappa shape index (κ3) is 1.92. The Kier molecular flexibility index (Phi) is 2.67. The van der Waals surface area contributed by atoms with Gasteiger partial charge in [0.2, 0.25) is 0 Å². The van der Waals surface area contributed by atoms with E-state index in [0.717, 1.165) is 28.7 Å². The predicted molar refractivity (Wildman–Crippen MR) is 69.7 cm³/mol. The Morgan fingerprint density at radius 3 is 3.06 bits per heavy atom. The van der Waals surface area contributed by atoms with Crippen LogP contribution in [0.15, 0.2) is 24.1 Å². The lowest BCUT2D eigenvalue weighted by atomic mass is 10.5. The molecule has 0 unspecified atom stereocenters. The molecule has 3 aromatic rings. The number of thiazole rings is 1. The first-order valence-corrected chi connectivity index (χ1v) is 6.38. The van der Waals surface area contributed by atoms with Crippen LogP contribution in [0.5, 0.6) is 0 Å². The smallest absolute Gasteiger partial charge is 0.175 e. The van der Waals surface area contributed by atoms with E-state index in [9.17, 15) is 0 Å². The number of aromatic nitrogens is 5. The molecule has 0 atom stereocenters. The first kappa shape index (κ1) is 11.1. The number of rotatable bonds is 3. The Hall–Kier alpha value is -2.02. The summed E-state index contributed by atoms with van der Waals surface area (Å²) in [6, 6.07) is 0. The molecule has 7 heteroatoms. The molecule has 0 N–H and O–H groups in total. The molecule has 0 radical (unpaired) electrons. The van der Waals surface area contributed by atoms with Crippen LogP contribution in [0.1, 0.15) is 10.7 Å². The molecule has 0 bridgehead atoms. The standard InChI is InChI=1S/C11H12N6S/c1-8-6-18-10(15-8)5-16(2)11-4-12-3-9-13-7-14-17(9)11/h3-4,6-7H,5H2,1-2H3. The van der Waals surface area contributed by atoms with E-state index in [2.05, 4.69) is 30.3 Å². The van der Waals surface area contributed by atoms with Crippen LogP contribution in [0.25, 0.3) is 5.65 Å². The van der Waals surface area contributed by atoms with Gasteiger partial charge in [-0.2, -0.15) is 9.61 Å². The van der Waals surface area contributed by atoms with Gasteiger partial charge >= 0.3 is 0 Å². The zero-order valence-corrected chi connectivity index (χ0v) is 10.9. The number of hydrogen-bond donors (Lipinski definition) is 0. The van der Waals surface area contributed by atoms with E-state index in [1.165, 1.54) is 6.33 Å². The molecule has 6 nitrogen and oxygen atoms in total. The number of aryl methyl sites for hydroxylation is 1. The van der Waals surface area contributed by atoms with Crippen molar-refractivity contribution in [2.75, 3.05) is 11.9 Å². The number of fused-ring (bicyclic) bond motifs is 1. The molecular weight excluding hydrogens is 248 g/mol. The average Bonchev–Trinajstić information content (AvgIpc) is 2.97. The van der Waals surface area contributed by atoms with Gasteiger partial charge in [-0.25, -0.2) is 9.97 Å². The SMILES string of the molecule is Cc1csc(CN(C)c2cncc3ncnn23)n1. The molecule has 0 saturated carbocycles. The first-order chi connectivity index (χ1) is 8.74. The van der Waals surface area contributed by atoms with Crippen molar-refractivity contribution in [1.82, 2.24) is 24.6 Å². The molecule has 0 fully saturated rings. The zero-order chi connectivity index (χ0) is 12.5. The summed E-state index contributed by atoms with van der Waals surface area (Å²) in [5.41, 5.74) is 1.80. The topological polar surface area (TPSA) is 59.2 Å². The summed E-state index contributed by atoms with van der Waals surface area (Å²) >= 11 is 1.66. The molecule has 3 rings (SSSR count). The summed E-state index contributed by atoms with van der Waals surface area (Å²) in [6.07, 6.45) is 5.00. The van der Waals surface area contributed by atoms with Crippen molar-refractivity contribution in [3.8, 4) is 0 Å². The molecule has 0 aliphatic heterocycles. The quantitative estimate of drug-likeness (QED) is 0.714. The van der Waals surface area contributed by atoms with E-state index in [1.807, 2.05) is 14.0 Å². The number of hydrogen-bond acceptors (Lipinski definition) is 6. The normalized spacial score (nSPS) is 11.0. The lowest BCUT2D eigenvalue weighted by Gasteiger charge is -2.17. The van der Waals surface area contributed by atoms with E-state index in [0.29, 0.717) is 0 Å². The van der Waals surface area contributed by atoms with Gasteiger partial charge in [-0.15, -0.1) is 11.3 Å². The average molecular weight is 260 g/mol. The predicted octanol–water partition coefficient (Wildman–Crippen LogP) is 1.53. The van der Waals surface area contributed by atoms with E-state index < -0.39 is 0 Å². The van der Waals surface area contributed by atoms with E-state index in [1.54, 1.807) is 28.2 Å². The minimum atomic E-state index is 0.735. The Morgan fingerprint density at radius 2 is 2.28 bits per heavy atom. The van der Waals surface area contributed by atoms with Crippen molar-refractivity contribution in [3.05, 3.63) is 34.8 Å². The monoisotopic (exact) mass is 260 g/mol. The van der Waals surface area contributed by atoms with E-state index in [-0.39, 0.29) is 0 Å². The van der Waals surface area contributed by atoms with Crippen LogP contribution in [0.3, 0.4) is 0 Å². The highest BCUT2D eigenvalue weighted by Gasteiger charge is 2.10. The van der Waals surface area contributed by atoms with Crippen LogP contribution in [-0.4, -0.2) is 31.6 Å². The second-order valence-corrected chi connectivity index (χ2v) is 4.98. The maximum Gasteiger partial charge on any atom is 0.175 e. The third-order valence-corrected chi connectivity index (χ3v) is 3.55. The second kappa shape index (κ2) is 4.34. The van der Waals surface area contributed by atoms with Crippen molar-refractivity contribution in [3.63, 3.8) is 0 Å². The van der Waals surface area contributed by atoms with Crippen molar-refractivity contribution < 1.29 is 0 Å². The van der Waals surface area contributed by atoms with Gasteiger partial charge in [0, 0.05) is 18.1 Å². The van der Waals surface area contributed by atoms with Crippen LogP contribution in [0, 0.1) is 6.92 Å². The summed E-state index contributed by atoms with van der Waals surface area (Å²) in [5, 5.41) is 7.32. The lowest BCUT2D eigenvalue weighted by molar-refractivity contribution is 0.826. The van der Waals surface area contributed by atoms with Crippen LogP contribution >= 0.6 is 11.3 Å². The fourth-order valence-corrected chi connectivity index (χ4v) is 2.58. The number of anilines is 1. The molecule has 0 spiro atoms. The van der Waals surface area contributed by atoms with Gasteiger partial charge in [0.15, 0.2) is 11.5 Å². The molecule has 0 aromatic carbocycles. The maximum atomic E-state index is 4.46. The molecular formula is C11H12N6S. The largest absolute Gasteiger partial charge is 0.352 e. The highest BCUT2D eigenvalue weighted by atomic mass is 32.1. The second-order valence-electron chi connectivity index (χ2n) is 4.03. The molecule has 0 aliphatic rings. The summed E-state index contributed by atoms with van der Waals surface area (Å²) in [4.78, 5) is 14.8. The molecule has 0 saturated heterocycles. The molecule has 3 heterocycles. The number of nitrogens with zero attached hydrogens (tertiary/aromatic N) is 6. The minimum absolute atomic E-state index is 0.735. The van der Waals surface area contributed by atoms with E-state index in [4.69, 9.17) is 0 Å². The van der Waals surface area contributed by atoms with Crippen LogP contribution in [0.4, 0.5) is 5.82 Å². The van der Waals surface area contributed by atoms with Crippen LogP contribution in [-0.2, 0) is 6.54 Å². The van der Waals surface area contributed by atoms with Crippen molar-refractivity contribution >= 4 is 22.8 Å². The van der Waals surface area contributed by atoms with Gasteiger partial charge in [0.25, 0.3) is 0 Å². The Balaban J connectivity index is 1.92. The highest BCUT2D eigenvalue weighted by Crippen LogP contribution is 2.16. The highest BCUT2D eigenvalue weighted by molar-refractivity contribution is 7.09.